The Labute approximate surface area is 199 Å². The summed E-state index contributed by atoms with van der Waals surface area (Å²) in [6.07, 6.45) is 12.8. The van der Waals surface area contributed by atoms with E-state index in [1.54, 1.807) is 11.8 Å². The standard InChI is InChI=1S/C25H30N6OS/c1-33-15-30-13-20(12-27-30)21-10-19(11-26)24(28-23(21)17-4-5-17)29-8-9-31(25(32)18-6-7-18)22(14-29)16-2-3-16/h10,12-13,16-18,22H,2-9,14-15H2,1H3/t22-/m0/s1. The van der Waals surface area contributed by atoms with Gasteiger partial charge in [-0.1, -0.05) is 0 Å². The second-order valence-electron chi connectivity index (χ2n) is 10.0. The molecule has 0 radical (unpaired) electrons. The lowest BCUT2D eigenvalue weighted by Crippen LogP contribution is -2.57. The molecule has 0 N–H and O–H groups in total. The molecule has 0 bridgehead atoms. The molecule has 2 aromatic heterocycles. The molecular formula is C25H30N6OS. The van der Waals surface area contributed by atoms with E-state index in [0.717, 1.165) is 73.8 Å². The van der Waals surface area contributed by atoms with Crippen molar-refractivity contribution in [2.75, 3.05) is 30.8 Å². The number of hydrogen-bond donors (Lipinski definition) is 0. The van der Waals surface area contributed by atoms with E-state index >= 15 is 0 Å². The lowest BCUT2D eigenvalue weighted by molar-refractivity contribution is -0.135. The summed E-state index contributed by atoms with van der Waals surface area (Å²) in [5.41, 5.74) is 3.82. The summed E-state index contributed by atoms with van der Waals surface area (Å²) in [6.45, 7) is 2.28. The van der Waals surface area contributed by atoms with E-state index in [9.17, 15) is 10.1 Å². The molecule has 2 aromatic rings. The molecule has 172 valence electrons. The number of nitrogens with zero attached hydrogens (tertiary/aromatic N) is 6. The van der Waals surface area contributed by atoms with Crippen LogP contribution in [0.2, 0.25) is 0 Å². The summed E-state index contributed by atoms with van der Waals surface area (Å²) in [7, 11) is 0. The Balaban J connectivity index is 1.32. The zero-order chi connectivity index (χ0) is 22.5. The molecule has 8 heteroatoms. The van der Waals surface area contributed by atoms with Gasteiger partial charge >= 0.3 is 0 Å². The van der Waals surface area contributed by atoms with Crippen LogP contribution in [0.1, 0.15) is 55.7 Å². The van der Waals surface area contributed by atoms with E-state index < -0.39 is 0 Å². The third kappa shape index (κ3) is 4.12. The van der Waals surface area contributed by atoms with Crippen LogP contribution in [0.5, 0.6) is 0 Å². The van der Waals surface area contributed by atoms with Crippen LogP contribution in [0.4, 0.5) is 5.82 Å². The van der Waals surface area contributed by atoms with Crippen molar-refractivity contribution in [1.29, 1.82) is 5.26 Å². The Morgan fingerprint density at radius 2 is 2.03 bits per heavy atom. The summed E-state index contributed by atoms with van der Waals surface area (Å²) in [4.78, 5) is 22.5. The molecule has 4 aliphatic rings. The van der Waals surface area contributed by atoms with Crippen molar-refractivity contribution in [3.05, 3.63) is 29.7 Å². The van der Waals surface area contributed by atoms with Gasteiger partial charge in [0.15, 0.2) is 0 Å². The number of amides is 1. The minimum atomic E-state index is 0.258. The summed E-state index contributed by atoms with van der Waals surface area (Å²) in [5.74, 6) is 3.30. The minimum Gasteiger partial charge on any atom is -0.352 e. The SMILES string of the molecule is CSCn1cc(-c2cc(C#N)c(N3CCN(C(=O)C4CC4)[C@H](C4CC4)C3)nc2C2CC2)cn1. The second kappa shape index (κ2) is 8.35. The minimum absolute atomic E-state index is 0.258. The molecule has 3 saturated carbocycles. The van der Waals surface area contributed by atoms with Crippen molar-refractivity contribution >= 4 is 23.5 Å². The van der Waals surface area contributed by atoms with E-state index in [1.807, 2.05) is 16.9 Å². The van der Waals surface area contributed by atoms with Gasteiger partial charge in [0.2, 0.25) is 5.91 Å². The lowest BCUT2D eigenvalue weighted by atomic mass is 10.0. The first-order valence-electron chi connectivity index (χ1n) is 12.2. The highest BCUT2D eigenvalue weighted by molar-refractivity contribution is 7.97. The van der Waals surface area contributed by atoms with Gasteiger partial charge in [-0.15, -0.1) is 11.8 Å². The highest BCUT2D eigenvalue weighted by Crippen LogP contribution is 2.46. The topological polar surface area (TPSA) is 78.0 Å². The predicted molar refractivity (Wildman–Crippen MR) is 129 cm³/mol. The van der Waals surface area contributed by atoms with E-state index in [4.69, 9.17) is 4.98 Å². The number of aromatic nitrogens is 3. The van der Waals surface area contributed by atoms with E-state index in [-0.39, 0.29) is 12.0 Å². The molecule has 3 heterocycles. The number of pyridine rings is 1. The van der Waals surface area contributed by atoms with Gasteiger partial charge < -0.3 is 9.80 Å². The number of piperazine rings is 1. The zero-order valence-corrected chi connectivity index (χ0v) is 19.9. The van der Waals surface area contributed by atoms with E-state index in [2.05, 4.69) is 33.4 Å². The average molecular weight is 463 g/mol. The molecule has 0 spiro atoms. The molecular weight excluding hydrogens is 432 g/mol. The molecule has 0 aromatic carbocycles. The fourth-order valence-electron chi connectivity index (χ4n) is 5.17. The third-order valence-corrected chi connectivity index (χ3v) is 7.94. The average Bonchev–Trinajstić information content (AvgIpc) is 3.70. The molecule has 1 aliphatic heterocycles. The zero-order valence-electron chi connectivity index (χ0n) is 19.1. The largest absolute Gasteiger partial charge is 0.352 e. The molecule has 6 rings (SSSR count). The molecule has 33 heavy (non-hydrogen) atoms. The smallest absolute Gasteiger partial charge is 0.226 e. The summed E-state index contributed by atoms with van der Waals surface area (Å²) in [5, 5.41) is 14.5. The number of carbonyl (C=O) groups is 1. The maximum absolute atomic E-state index is 12.9. The van der Waals surface area contributed by atoms with Crippen molar-refractivity contribution in [3.8, 4) is 17.2 Å². The highest BCUT2D eigenvalue weighted by Gasteiger charge is 2.45. The first-order chi connectivity index (χ1) is 16.2. The van der Waals surface area contributed by atoms with Crippen LogP contribution in [0, 0.1) is 23.2 Å². The summed E-state index contributed by atoms with van der Waals surface area (Å²) >= 11 is 1.73. The molecule has 4 fully saturated rings. The maximum Gasteiger partial charge on any atom is 0.226 e. The van der Waals surface area contributed by atoms with Crippen molar-refractivity contribution in [1.82, 2.24) is 19.7 Å². The number of hydrogen-bond acceptors (Lipinski definition) is 6. The van der Waals surface area contributed by atoms with Gasteiger partial charge in [-0.2, -0.15) is 10.4 Å². The van der Waals surface area contributed by atoms with Crippen LogP contribution in [-0.4, -0.2) is 57.5 Å². The number of carbonyl (C=O) groups excluding carboxylic acids is 1. The van der Waals surface area contributed by atoms with E-state index in [1.165, 1.54) is 12.8 Å². The van der Waals surface area contributed by atoms with Gasteiger partial charge in [-0.3, -0.25) is 9.48 Å². The van der Waals surface area contributed by atoms with Gasteiger partial charge in [0.05, 0.1) is 29.4 Å². The summed E-state index contributed by atoms with van der Waals surface area (Å²) < 4.78 is 1.94. The fourth-order valence-corrected chi connectivity index (χ4v) is 5.58. The Morgan fingerprint density at radius 3 is 2.70 bits per heavy atom. The van der Waals surface area contributed by atoms with Crippen molar-refractivity contribution in [2.24, 2.45) is 11.8 Å². The fraction of sp³-hybridized carbons (Fsp3) is 0.600. The lowest BCUT2D eigenvalue weighted by Gasteiger charge is -2.43. The molecule has 7 nitrogen and oxygen atoms in total. The molecule has 1 atom stereocenters. The first-order valence-corrected chi connectivity index (χ1v) is 13.6. The van der Waals surface area contributed by atoms with Crippen LogP contribution < -0.4 is 4.90 Å². The number of anilines is 1. The van der Waals surface area contributed by atoms with Crippen LogP contribution in [-0.2, 0) is 10.7 Å². The second-order valence-corrected chi connectivity index (χ2v) is 10.9. The van der Waals surface area contributed by atoms with Crippen molar-refractivity contribution in [3.63, 3.8) is 0 Å². The highest BCUT2D eigenvalue weighted by atomic mass is 32.2. The summed E-state index contributed by atoms with van der Waals surface area (Å²) in [6, 6.07) is 4.72. The maximum atomic E-state index is 12.9. The Hall–Kier alpha value is -2.53. The van der Waals surface area contributed by atoms with Gasteiger partial charge in [-0.25, -0.2) is 4.98 Å². The normalized spacial score (nSPS) is 23.0. The number of rotatable bonds is 7. The molecule has 1 amide bonds. The van der Waals surface area contributed by atoms with Crippen LogP contribution in [0.15, 0.2) is 18.5 Å². The molecule has 3 aliphatic carbocycles. The Morgan fingerprint density at radius 1 is 1.21 bits per heavy atom. The Bertz CT molecular complexity index is 1110. The van der Waals surface area contributed by atoms with Crippen molar-refractivity contribution in [2.45, 2.75) is 56.4 Å². The third-order valence-electron chi connectivity index (χ3n) is 7.42. The number of thioether (sulfide) groups is 1. The van der Waals surface area contributed by atoms with Crippen LogP contribution in [0.3, 0.4) is 0 Å². The van der Waals surface area contributed by atoms with Gasteiger partial charge in [0, 0.05) is 48.8 Å². The van der Waals surface area contributed by atoms with Crippen LogP contribution in [0.25, 0.3) is 11.1 Å². The van der Waals surface area contributed by atoms with E-state index in [0.29, 0.717) is 23.3 Å². The van der Waals surface area contributed by atoms with Crippen molar-refractivity contribution < 1.29 is 4.79 Å². The van der Waals surface area contributed by atoms with Gasteiger partial charge in [-0.05, 0) is 56.8 Å². The Kier molecular flexibility index (Phi) is 5.33. The quantitative estimate of drug-likeness (QED) is 0.622. The monoisotopic (exact) mass is 462 g/mol. The van der Waals surface area contributed by atoms with Gasteiger partial charge in [0.1, 0.15) is 11.9 Å². The first kappa shape index (κ1) is 21.0. The molecule has 0 unspecified atom stereocenters. The van der Waals surface area contributed by atoms with Crippen LogP contribution >= 0.6 is 11.8 Å². The molecule has 1 saturated heterocycles. The van der Waals surface area contributed by atoms with Gasteiger partial charge in [0.25, 0.3) is 0 Å². The predicted octanol–water partition coefficient (Wildman–Crippen LogP) is 3.85. The number of nitriles is 1.